The Labute approximate surface area is 184 Å². The van der Waals surface area contributed by atoms with E-state index in [4.69, 9.17) is 4.74 Å². The molecular formula is C23H23N3O4S. The lowest BCUT2D eigenvalue weighted by atomic mass is 10.1. The summed E-state index contributed by atoms with van der Waals surface area (Å²) < 4.78 is 5.09. The molecular weight excluding hydrogens is 414 g/mol. The van der Waals surface area contributed by atoms with Crippen LogP contribution in [0, 0.1) is 11.3 Å². The van der Waals surface area contributed by atoms with Crippen molar-refractivity contribution in [3.63, 3.8) is 0 Å². The normalized spacial score (nSPS) is 13.4. The second-order valence-corrected chi connectivity index (χ2v) is 8.26. The lowest BCUT2D eigenvalue weighted by Gasteiger charge is -2.09. The molecule has 0 atom stereocenters. The van der Waals surface area contributed by atoms with Gasteiger partial charge < -0.3 is 15.4 Å². The molecule has 0 unspecified atom stereocenters. The number of carbonyl (C=O) groups excluding carboxylic acids is 3. The van der Waals surface area contributed by atoms with Crippen LogP contribution in [-0.4, -0.2) is 24.4 Å². The fraction of sp³-hybridized carbons (Fsp3) is 0.304. The highest BCUT2D eigenvalue weighted by molar-refractivity contribution is 7.16. The van der Waals surface area contributed by atoms with Crippen LogP contribution in [0.3, 0.4) is 0 Å². The second-order valence-electron chi connectivity index (χ2n) is 7.15. The minimum atomic E-state index is -0.823. The number of ether oxygens (including phenoxy) is 1. The minimum Gasteiger partial charge on any atom is -0.451 e. The third-order valence-electron chi connectivity index (χ3n) is 4.76. The van der Waals surface area contributed by atoms with Crippen LogP contribution in [0.15, 0.2) is 36.0 Å². The van der Waals surface area contributed by atoms with Crippen molar-refractivity contribution >= 4 is 40.2 Å². The summed E-state index contributed by atoms with van der Waals surface area (Å²) in [6.45, 7) is 0.751. The number of fused-ring (bicyclic) bond motifs is 1. The van der Waals surface area contributed by atoms with Gasteiger partial charge in [-0.2, -0.15) is 5.26 Å². The number of carbonyl (C=O) groups is 3. The van der Waals surface area contributed by atoms with E-state index in [1.165, 1.54) is 24.3 Å². The van der Waals surface area contributed by atoms with Crippen LogP contribution in [0.4, 0.5) is 5.00 Å². The summed E-state index contributed by atoms with van der Waals surface area (Å²) in [4.78, 5) is 37.4. The maximum Gasteiger partial charge on any atom is 0.355 e. The summed E-state index contributed by atoms with van der Waals surface area (Å²) in [5.41, 5.74) is 2.17. The summed E-state index contributed by atoms with van der Waals surface area (Å²) >= 11 is 1.42. The van der Waals surface area contributed by atoms with Crippen molar-refractivity contribution in [2.45, 2.75) is 39.0 Å². The van der Waals surface area contributed by atoms with Crippen molar-refractivity contribution in [3.8, 4) is 6.07 Å². The van der Waals surface area contributed by atoms with Crippen molar-refractivity contribution in [2.24, 2.45) is 0 Å². The number of aryl methyl sites for hydroxylation is 1. The maximum absolute atomic E-state index is 12.4. The summed E-state index contributed by atoms with van der Waals surface area (Å²) in [6, 6.07) is 11.2. The van der Waals surface area contributed by atoms with E-state index < -0.39 is 24.4 Å². The zero-order valence-corrected chi connectivity index (χ0v) is 18.0. The van der Waals surface area contributed by atoms with Crippen LogP contribution in [0.5, 0.6) is 0 Å². The first-order chi connectivity index (χ1) is 15.0. The molecule has 3 rings (SSSR count). The van der Waals surface area contributed by atoms with E-state index in [9.17, 15) is 19.6 Å². The van der Waals surface area contributed by atoms with E-state index in [-0.39, 0.29) is 5.70 Å². The van der Waals surface area contributed by atoms with Gasteiger partial charge in [0.25, 0.3) is 5.91 Å². The number of nitrogens with one attached hydrogen (secondary N) is 2. The molecule has 1 aromatic carbocycles. The number of benzene rings is 1. The number of hydrogen-bond acceptors (Lipinski definition) is 6. The van der Waals surface area contributed by atoms with Gasteiger partial charge in [0.15, 0.2) is 6.61 Å². The number of amides is 2. The molecule has 0 spiro atoms. The number of esters is 1. The Morgan fingerprint density at radius 3 is 2.61 bits per heavy atom. The smallest absolute Gasteiger partial charge is 0.355 e. The molecule has 0 radical (unpaired) electrons. The first-order valence-electron chi connectivity index (χ1n) is 10.0. The van der Waals surface area contributed by atoms with E-state index in [0.29, 0.717) is 16.1 Å². The van der Waals surface area contributed by atoms with Gasteiger partial charge in [0.2, 0.25) is 5.91 Å². The van der Waals surface area contributed by atoms with Crippen molar-refractivity contribution < 1.29 is 19.1 Å². The molecule has 1 aliphatic carbocycles. The van der Waals surface area contributed by atoms with Crippen molar-refractivity contribution in [3.05, 3.63) is 57.6 Å². The zero-order valence-electron chi connectivity index (χ0n) is 17.2. The third-order valence-corrected chi connectivity index (χ3v) is 5.97. The number of nitrogens with zero attached hydrogens (tertiary/aromatic N) is 1. The number of rotatable bonds is 6. The predicted molar refractivity (Wildman–Crippen MR) is 118 cm³/mol. The highest BCUT2D eigenvalue weighted by atomic mass is 32.1. The fourth-order valence-electron chi connectivity index (χ4n) is 3.37. The Morgan fingerprint density at radius 1 is 1.16 bits per heavy atom. The first kappa shape index (κ1) is 22.2. The van der Waals surface area contributed by atoms with Gasteiger partial charge in [0.1, 0.15) is 16.8 Å². The zero-order chi connectivity index (χ0) is 22.2. The lowest BCUT2D eigenvalue weighted by molar-refractivity contribution is -0.144. The molecule has 0 bridgehead atoms. The van der Waals surface area contributed by atoms with E-state index in [1.807, 2.05) is 6.07 Å². The Morgan fingerprint density at radius 2 is 1.90 bits per heavy atom. The molecule has 8 heteroatoms. The maximum atomic E-state index is 12.4. The Hall–Kier alpha value is -3.44. The topological polar surface area (TPSA) is 108 Å². The highest BCUT2D eigenvalue weighted by Crippen LogP contribution is 2.36. The van der Waals surface area contributed by atoms with Crippen LogP contribution in [0.1, 0.15) is 47.8 Å². The molecule has 2 amide bonds. The standard InChI is InChI=1S/C23H23N3O4S/c1-15(27)25-19(12-16-8-4-2-5-9-16)23(29)30-14-21(28)26-22-18(13-24)17-10-6-3-7-11-20(17)31-22/h2,4-5,8-9,12H,3,6-7,10-11,14H2,1H3,(H,25,27)(H,26,28)/b19-12-. The largest absolute Gasteiger partial charge is 0.451 e. The molecule has 7 nitrogen and oxygen atoms in total. The molecule has 1 aromatic heterocycles. The second kappa shape index (κ2) is 10.5. The summed E-state index contributed by atoms with van der Waals surface area (Å²) in [5, 5.41) is 15.2. The average Bonchev–Trinajstić information content (AvgIpc) is 2.90. The van der Waals surface area contributed by atoms with Gasteiger partial charge in [-0.25, -0.2) is 4.79 Å². The first-order valence-corrected chi connectivity index (χ1v) is 10.9. The molecule has 0 aliphatic heterocycles. The SMILES string of the molecule is CC(=O)N/C(=C\c1ccccc1)C(=O)OCC(=O)Nc1sc2c(c1C#N)CCCCC2. The van der Waals surface area contributed by atoms with E-state index in [2.05, 4.69) is 16.7 Å². The summed E-state index contributed by atoms with van der Waals surface area (Å²) in [6.07, 6.45) is 6.46. The minimum absolute atomic E-state index is 0.0629. The van der Waals surface area contributed by atoms with Crippen LogP contribution in [0.25, 0.3) is 6.08 Å². The van der Waals surface area contributed by atoms with Gasteiger partial charge in [0.05, 0.1) is 5.56 Å². The molecule has 31 heavy (non-hydrogen) atoms. The molecule has 2 aromatic rings. The quantitative estimate of drug-likeness (QED) is 0.408. The summed E-state index contributed by atoms with van der Waals surface area (Å²) in [5.74, 6) is -1.79. The number of anilines is 1. The number of nitriles is 1. The van der Waals surface area contributed by atoms with Gasteiger partial charge in [-0.15, -0.1) is 11.3 Å². The highest BCUT2D eigenvalue weighted by Gasteiger charge is 2.22. The van der Waals surface area contributed by atoms with Gasteiger partial charge >= 0.3 is 5.97 Å². The third kappa shape index (κ3) is 6.03. The van der Waals surface area contributed by atoms with Crippen LogP contribution in [0.2, 0.25) is 0 Å². The van der Waals surface area contributed by atoms with E-state index in [0.717, 1.165) is 42.5 Å². The van der Waals surface area contributed by atoms with Gasteiger partial charge in [0, 0.05) is 11.8 Å². The Bertz CT molecular complexity index is 1050. The molecule has 0 saturated heterocycles. The van der Waals surface area contributed by atoms with Gasteiger partial charge in [-0.1, -0.05) is 36.8 Å². The van der Waals surface area contributed by atoms with E-state index in [1.54, 1.807) is 24.3 Å². The van der Waals surface area contributed by atoms with Gasteiger partial charge in [-0.3, -0.25) is 9.59 Å². The monoisotopic (exact) mass is 437 g/mol. The summed E-state index contributed by atoms with van der Waals surface area (Å²) in [7, 11) is 0. The lowest BCUT2D eigenvalue weighted by Crippen LogP contribution is -2.28. The van der Waals surface area contributed by atoms with E-state index >= 15 is 0 Å². The molecule has 1 heterocycles. The molecule has 160 valence electrons. The fourth-order valence-corrected chi connectivity index (χ4v) is 4.63. The number of thiophene rings is 1. The van der Waals surface area contributed by atoms with Crippen LogP contribution < -0.4 is 10.6 Å². The molecule has 0 saturated carbocycles. The molecule has 1 aliphatic rings. The van der Waals surface area contributed by atoms with Crippen LogP contribution >= 0.6 is 11.3 Å². The van der Waals surface area contributed by atoms with Crippen molar-refractivity contribution in [1.29, 1.82) is 5.26 Å². The molecule has 0 fully saturated rings. The Balaban J connectivity index is 1.66. The molecule has 2 N–H and O–H groups in total. The van der Waals surface area contributed by atoms with Crippen LogP contribution in [-0.2, 0) is 32.0 Å². The predicted octanol–water partition coefficient (Wildman–Crippen LogP) is 3.55. The average molecular weight is 438 g/mol. The Kier molecular flexibility index (Phi) is 7.57. The van der Waals surface area contributed by atoms with Gasteiger partial charge in [-0.05, 0) is 42.9 Å². The van der Waals surface area contributed by atoms with Crippen molar-refractivity contribution in [2.75, 3.05) is 11.9 Å². The number of hydrogen-bond donors (Lipinski definition) is 2. The van der Waals surface area contributed by atoms with Crippen molar-refractivity contribution in [1.82, 2.24) is 5.32 Å².